The number of fused-ring (bicyclic) bond motifs is 1. The van der Waals surface area contributed by atoms with Crippen molar-refractivity contribution in [3.05, 3.63) is 94.0 Å². The first kappa shape index (κ1) is 46.5. The van der Waals surface area contributed by atoms with Gasteiger partial charge in [-0.3, -0.25) is 9.98 Å². The molecule has 53 heavy (non-hydrogen) atoms. The van der Waals surface area contributed by atoms with Gasteiger partial charge in [0.25, 0.3) is 0 Å². The monoisotopic (exact) mass is 767 g/mol. The third-order valence-corrected chi connectivity index (χ3v) is 7.70. The number of hydrogen-bond donors (Lipinski definition) is 2. The summed E-state index contributed by atoms with van der Waals surface area (Å²) in [5.41, 5.74) is 7.25. The molecule has 0 aromatic heterocycles. The average molecular weight is 768 g/mol. The van der Waals surface area contributed by atoms with Crippen molar-refractivity contribution < 1.29 is 46.8 Å². The van der Waals surface area contributed by atoms with Crippen LogP contribution < -0.4 is 10.2 Å². The van der Waals surface area contributed by atoms with Crippen molar-refractivity contribution in [2.75, 3.05) is 0 Å². The zero-order valence-electron chi connectivity index (χ0n) is 33.3. The van der Waals surface area contributed by atoms with Crippen LogP contribution in [0, 0.1) is 10.8 Å². The number of nitrogens with zero attached hydrogens (tertiary/aromatic N) is 2. The van der Waals surface area contributed by atoms with Crippen LogP contribution in [0.3, 0.4) is 0 Å². The molecule has 0 bridgehead atoms. The fourth-order valence-corrected chi connectivity index (χ4v) is 5.70. The van der Waals surface area contributed by atoms with Crippen molar-refractivity contribution in [2.24, 2.45) is 20.8 Å². The number of phenolic OH excluding ortho intramolecular Hbond substituents is 2. The first-order valence-electron chi connectivity index (χ1n) is 17.6. The van der Waals surface area contributed by atoms with Crippen LogP contribution in [0.15, 0.2) is 70.6 Å². The van der Waals surface area contributed by atoms with Gasteiger partial charge in [0.2, 0.25) is 0 Å². The number of benzene rings is 4. The molecule has 0 amide bonds. The number of aliphatic imine (C=N–C) groups is 2. The van der Waals surface area contributed by atoms with Gasteiger partial charge >= 0.3 is 16.8 Å². The number of aliphatic carboxylic acids is 2. The first-order chi connectivity index (χ1) is 24.0. The minimum Gasteiger partial charge on any atom is -0.550 e. The molecule has 0 aliphatic carbocycles. The zero-order valence-corrected chi connectivity index (χ0v) is 34.3. The molecule has 9 heteroatoms. The second kappa shape index (κ2) is 20.1. The summed E-state index contributed by atoms with van der Waals surface area (Å²) >= 11 is 0. The maximum Gasteiger partial charge on any atom is 2.00 e. The molecule has 287 valence electrons. The molecule has 0 aliphatic heterocycles. The van der Waals surface area contributed by atoms with Crippen LogP contribution in [0.2, 0.25) is 0 Å². The van der Waals surface area contributed by atoms with Crippen molar-refractivity contribution in [1.82, 2.24) is 0 Å². The molecule has 0 fully saturated rings. The first-order valence-corrected chi connectivity index (χ1v) is 17.6. The summed E-state index contributed by atoms with van der Waals surface area (Å²) in [6.45, 7) is 23.7. The van der Waals surface area contributed by atoms with Crippen LogP contribution in [0.4, 0.5) is 11.4 Å². The number of hydrogen-bond acceptors (Lipinski definition) is 8. The van der Waals surface area contributed by atoms with E-state index in [1.807, 2.05) is 36.4 Å². The quantitative estimate of drug-likeness (QED) is 0.172. The molecule has 0 atom stereocenters. The number of carbonyl (C=O) groups excluding carboxylic acids is 2. The van der Waals surface area contributed by atoms with Crippen LogP contribution in [0.25, 0.3) is 10.8 Å². The smallest absolute Gasteiger partial charge is 0.550 e. The Morgan fingerprint density at radius 1 is 0.642 bits per heavy atom. The summed E-state index contributed by atoms with van der Waals surface area (Å²) in [6, 6.07) is 20.6. The Labute approximate surface area is 326 Å². The van der Waals surface area contributed by atoms with Crippen LogP contribution in [-0.4, -0.2) is 34.6 Å². The van der Waals surface area contributed by atoms with E-state index in [0.29, 0.717) is 22.5 Å². The molecular weight excluding hydrogens is 711 g/mol. The fourth-order valence-electron chi connectivity index (χ4n) is 5.70. The fraction of sp³-hybridized carbons (Fsp3) is 0.409. The van der Waals surface area contributed by atoms with Crippen molar-refractivity contribution in [1.29, 1.82) is 0 Å². The summed E-state index contributed by atoms with van der Waals surface area (Å²) in [7, 11) is 0. The Bertz CT molecular complexity index is 1770. The van der Waals surface area contributed by atoms with E-state index in [4.69, 9.17) is 29.8 Å². The van der Waals surface area contributed by atoms with Crippen LogP contribution in [-0.2, 0) is 39.2 Å². The minimum absolute atomic E-state index is 0. The largest absolute Gasteiger partial charge is 2.00 e. The van der Waals surface area contributed by atoms with Gasteiger partial charge in [-0.25, -0.2) is 0 Å². The third kappa shape index (κ3) is 16.0. The van der Waals surface area contributed by atoms with E-state index in [9.17, 15) is 10.2 Å². The van der Waals surface area contributed by atoms with E-state index in [-0.39, 0.29) is 50.9 Å². The van der Waals surface area contributed by atoms with Gasteiger partial charge in [-0.15, -0.1) is 0 Å². The Morgan fingerprint density at radius 3 is 1.21 bits per heavy atom. The van der Waals surface area contributed by atoms with Gasteiger partial charge in [-0.2, -0.15) is 0 Å². The Morgan fingerprint density at radius 2 is 0.943 bits per heavy atom. The van der Waals surface area contributed by atoms with Gasteiger partial charge < -0.3 is 30.0 Å². The number of rotatable bonds is 8. The van der Waals surface area contributed by atoms with E-state index < -0.39 is 11.9 Å². The van der Waals surface area contributed by atoms with Crippen molar-refractivity contribution >= 4 is 46.5 Å². The summed E-state index contributed by atoms with van der Waals surface area (Å²) in [6.07, 6.45) is 5.31. The molecule has 0 heterocycles. The standard InChI is InChI=1S/C40H50N2O2.2C2H4O2.Co/c1-25(2)33-17-27(21-39(5,6)7)15-31(37(33)43)23-41-35-19-29-13-11-12-14-30(29)20-36(35)42-24-32-16-28(22-40(8,9)10)18-34(26(3)4)38(32)44;2*1-2(3)4;/h11-20,23-26,43-44H,21-22H2,1-10H3;2*1H3,(H,3,4);/q;;;+2/p-2. The van der Waals surface area contributed by atoms with Crippen molar-refractivity contribution in [2.45, 2.75) is 108 Å². The van der Waals surface area contributed by atoms with E-state index >= 15 is 0 Å². The van der Waals surface area contributed by atoms with Crippen molar-refractivity contribution in [3.63, 3.8) is 0 Å². The molecule has 0 saturated heterocycles. The van der Waals surface area contributed by atoms with E-state index in [1.54, 1.807) is 12.4 Å². The number of aromatic hydroxyl groups is 2. The normalized spacial score (nSPS) is 11.7. The number of carboxylic acid groups (broad SMARTS) is 2. The third-order valence-electron chi connectivity index (χ3n) is 7.70. The molecule has 4 rings (SSSR count). The predicted molar refractivity (Wildman–Crippen MR) is 211 cm³/mol. The van der Waals surface area contributed by atoms with Gasteiger partial charge in [0.05, 0.1) is 11.4 Å². The van der Waals surface area contributed by atoms with Gasteiger partial charge in [0.1, 0.15) is 11.5 Å². The summed E-state index contributed by atoms with van der Waals surface area (Å²) in [5.74, 6) is -1.26. The van der Waals surface area contributed by atoms with Gasteiger partial charge in [-0.05, 0) is 107 Å². The summed E-state index contributed by atoms with van der Waals surface area (Å²) < 4.78 is 0. The van der Waals surface area contributed by atoms with Gasteiger partial charge in [0.15, 0.2) is 0 Å². The minimum atomic E-state index is -1.08. The summed E-state index contributed by atoms with van der Waals surface area (Å²) in [5, 5.41) is 42.3. The molecule has 0 spiro atoms. The summed E-state index contributed by atoms with van der Waals surface area (Å²) in [4.78, 5) is 27.6. The van der Waals surface area contributed by atoms with E-state index in [0.717, 1.165) is 48.6 Å². The maximum absolute atomic E-state index is 11.2. The Balaban J connectivity index is 0.00000142. The van der Waals surface area contributed by atoms with Gasteiger partial charge in [-0.1, -0.05) is 106 Å². The topological polar surface area (TPSA) is 145 Å². The molecule has 0 aliphatic rings. The van der Waals surface area contributed by atoms with Crippen LogP contribution in [0.5, 0.6) is 11.5 Å². The SMILES string of the molecule is CC(=O)[O-].CC(=O)[O-].CC(C)c1cc(CC(C)(C)C)cc(C=Nc2cc3ccccc3cc2N=Cc2cc(CC(C)(C)C)cc(C(C)C)c2O)c1O.[Co+2]. The molecule has 8 nitrogen and oxygen atoms in total. The van der Waals surface area contributed by atoms with Gasteiger partial charge in [0, 0.05) is 35.5 Å². The molecule has 1 radical (unpaired) electrons. The van der Waals surface area contributed by atoms with Crippen molar-refractivity contribution in [3.8, 4) is 11.5 Å². The van der Waals surface area contributed by atoms with E-state index in [2.05, 4.69) is 93.5 Å². The Kier molecular flexibility index (Phi) is 17.7. The Hall–Kier alpha value is -4.47. The molecule has 0 unspecified atom stereocenters. The molecule has 4 aromatic rings. The van der Waals surface area contributed by atoms with Crippen LogP contribution >= 0.6 is 0 Å². The maximum atomic E-state index is 11.2. The zero-order chi connectivity index (χ0) is 39.6. The van der Waals surface area contributed by atoms with Crippen LogP contribution in [0.1, 0.15) is 128 Å². The molecule has 4 aromatic carbocycles. The molecule has 2 N–H and O–H groups in total. The number of phenols is 2. The molecular formula is C44H56CoN2O6. The molecule has 0 saturated carbocycles. The second-order valence-electron chi connectivity index (χ2n) is 16.2. The number of carboxylic acids is 2. The average Bonchev–Trinajstić information content (AvgIpc) is 2.98. The second-order valence-corrected chi connectivity index (χ2v) is 16.2. The van der Waals surface area contributed by atoms with E-state index in [1.165, 1.54) is 11.1 Å². The number of carbonyl (C=O) groups is 2. The predicted octanol–water partition coefficient (Wildman–Crippen LogP) is 8.69.